The smallest absolute Gasteiger partial charge is 0.308 e. The molecule has 0 aromatic carbocycles. The van der Waals surface area contributed by atoms with Crippen molar-refractivity contribution in [2.45, 2.75) is 13.3 Å². The number of aliphatic carboxylic acids is 1. The van der Waals surface area contributed by atoms with Crippen molar-refractivity contribution in [3.63, 3.8) is 0 Å². The van der Waals surface area contributed by atoms with Crippen LogP contribution in [0.3, 0.4) is 0 Å². The number of hydrogen-bond acceptors (Lipinski definition) is 5. The summed E-state index contributed by atoms with van der Waals surface area (Å²) < 4.78 is 5.39. The second-order valence-corrected chi connectivity index (χ2v) is 6.47. The molecule has 2 atom stereocenters. The lowest BCUT2D eigenvalue weighted by molar-refractivity contribution is -0.142. The van der Waals surface area contributed by atoms with Crippen LogP contribution in [-0.2, 0) is 16.0 Å². The highest BCUT2D eigenvalue weighted by atomic mass is 32.1. The van der Waals surface area contributed by atoms with E-state index in [1.807, 2.05) is 24.4 Å². The molecule has 7 heteroatoms. The van der Waals surface area contributed by atoms with E-state index in [2.05, 4.69) is 4.98 Å². The van der Waals surface area contributed by atoms with Crippen LogP contribution < -0.4 is 0 Å². The third-order valence-corrected chi connectivity index (χ3v) is 4.76. The summed E-state index contributed by atoms with van der Waals surface area (Å²) in [6.07, 6.45) is 1.62. The monoisotopic (exact) mass is 320 g/mol. The number of carbonyl (C=O) groups is 2. The van der Waals surface area contributed by atoms with Gasteiger partial charge in [-0.2, -0.15) is 0 Å². The van der Waals surface area contributed by atoms with Crippen LogP contribution in [0.1, 0.15) is 12.6 Å². The van der Waals surface area contributed by atoms with E-state index in [9.17, 15) is 9.59 Å². The molecule has 1 fully saturated rings. The van der Waals surface area contributed by atoms with Crippen molar-refractivity contribution >= 4 is 23.2 Å². The van der Waals surface area contributed by atoms with Crippen molar-refractivity contribution in [1.29, 1.82) is 0 Å². The minimum Gasteiger partial charge on any atom is -0.481 e. The van der Waals surface area contributed by atoms with Gasteiger partial charge in [0.05, 0.1) is 22.9 Å². The molecule has 22 heavy (non-hydrogen) atoms. The van der Waals surface area contributed by atoms with E-state index in [1.165, 1.54) is 17.6 Å². The van der Waals surface area contributed by atoms with E-state index in [4.69, 9.17) is 9.52 Å². The Bertz CT molecular complexity index is 680. The molecular formula is C15H16N2O4S. The number of hydrogen-bond donors (Lipinski definition) is 1. The number of aromatic nitrogens is 1. The molecule has 0 unspecified atom stereocenters. The molecule has 1 N–H and O–H groups in total. The molecule has 1 aliphatic heterocycles. The molecule has 0 aliphatic carbocycles. The van der Waals surface area contributed by atoms with Crippen LogP contribution in [0.5, 0.6) is 0 Å². The maximum Gasteiger partial charge on any atom is 0.308 e. The van der Waals surface area contributed by atoms with Crippen molar-refractivity contribution in [2.24, 2.45) is 11.8 Å². The third-order valence-electron chi connectivity index (χ3n) is 3.90. The van der Waals surface area contributed by atoms with Crippen molar-refractivity contribution < 1.29 is 19.1 Å². The zero-order valence-corrected chi connectivity index (χ0v) is 12.9. The Hall–Kier alpha value is -2.15. The topological polar surface area (TPSA) is 83.6 Å². The molecule has 6 nitrogen and oxygen atoms in total. The van der Waals surface area contributed by atoms with Gasteiger partial charge in [-0.3, -0.25) is 9.59 Å². The second kappa shape index (κ2) is 5.92. The maximum atomic E-state index is 12.3. The van der Waals surface area contributed by atoms with Gasteiger partial charge in [0.25, 0.3) is 0 Å². The molecule has 3 heterocycles. The Balaban J connectivity index is 1.64. The fourth-order valence-corrected chi connectivity index (χ4v) is 3.32. The molecule has 3 rings (SSSR count). The normalized spacial score (nSPS) is 21.2. The number of carboxylic acids is 1. The average molecular weight is 320 g/mol. The van der Waals surface area contributed by atoms with E-state index in [0.29, 0.717) is 18.1 Å². The summed E-state index contributed by atoms with van der Waals surface area (Å²) in [7, 11) is 0. The van der Waals surface area contributed by atoms with Crippen molar-refractivity contribution in [2.75, 3.05) is 13.1 Å². The number of likely N-dealkylation sites (tertiary alicyclic amines) is 1. The Kier molecular flexibility index (Phi) is 3.98. The lowest BCUT2D eigenvalue weighted by atomic mass is 9.99. The number of thiophene rings is 1. The van der Waals surface area contributed by atoms with E-state index < -0.39 is 11.9 Å². The Morgan fingerprint density at radius 2 is 2.32 bits per heavy atom. The summed E-state index contributed by atoms with van der Waals surface area (Å²) in [6, 6.07) is 3.81. The summed E-state index contributed by atoms with van der Waals surface area (Å²) in [5.41, 5.74) is 0.569. The van der Waals surface area contributed by atoms with E-state index in [0.717, 1.165) is 4.88 Å². The van der Waals surface area contributed by atoms with Crippen LogP contribution in [0.15, 0.2) is 28.2 Å². The number of nitrogens with zero attached hydrogens (tertiary/aromatic N) is 2. The molecule has 1 amide bonds. The van der Waals surface area contributed by atoms with Gasteiger partial charge in [0.1, 0.15) is 6.26 Å². The summed E-state index contributed by atoms with van der Waals surface area (Å²) in [5, 5.41) is 11.1. The van der Waals surface area contributed by atoms with Gasteiger partial charge in [-0.05, 0) is 17.4 Å². The molecule has 116 valence electrons. The Morgan fingerprint density at radius 1 is 1.50 bits per heavy atom. The van der Waals surface area contributed by atoms with Gasteiger partial charge in [0.15, 0.2) is 0 Å². The Labute approximate surface area is 131 Å². The van der Waals surface area contributed by atoms with Gasteiger partial charge >= 0.3 is 5.97 Å². The van der Waals surface area contributed by atoms with E-state index in [-0.39, 0.29) is 24.8 Å². The first-order chi connectivity index (χ1) is 10.5. The molecule has 0 radical (unpaired) electrons. The quantitative estimate of drug-likeness (QED) is 0.933. The largest absolute Gasteiger partial charge is 0.481 e. The number of oxazole rings is 1. The highest BCUT2D eigenvalue weighted by Gasteiger charge is 2.36. The van der Waals surface area contributed by atoms with Crippen LogP contribution in [0.25, 0.3) is 10.8 Å². The number of carbonyl (C=O) groups excluding carboxylic acids is 1. The van der Waals surface area contributed by atoms with Gasteiger partial charge in [-0.15, -0.1) is 11.3 Å². The fraction of sp³-hybridized carbons (Fsp3) is 0.400. The summed E-state index contributed by atoms with van der Waals surface area (Å²) in [5.74, 6) is -0.953. The van der Waals surface area contributed by atoms with Gasteiger partial charge in [0, 0.05) is 13.1 Å². The van der Waals surface area contributed by atoms with Crippen molar-refractivity contribution in [1.82, 2.24) is 9.88 Å². The van der Waals surface area contributed by atoms with E-state index in [1.54, 1.807) is 4.90 Å². The van der Waals surface area contributed by atoms with Crippen molar-refractivity contribution in [3.8, 4) is 10.8 Å². The number of rotatable bonds is 4. The first-order valence-corrected chi connectivity index (χ1v) is 7.91. The summed E-state index contributed by atoms with van der Waals surface area (Å²) in [4.78, 5) is 30.2. The minimum absolute atomic E-state index is 0.0274. The van der Waals surface area contributed by atoms with Crippen LogP contribution in [0, 0.1) is 11.8 Å². The van der Waals surface area contributed by atoms with Crippen LogP contribution >= 0.6 is 11.3 Å². The Morgan fingerprint density at radius 3 is 2.95 bits per heavy atom. The summed E-state index contributed by atoms with van der Waals surface area (Å²) in [6.45, 7) is 2.60. The molecule has 0 bridgehead atoms. The molecule has 1 aliphatic rings. The predicted molar refractivity (Wildman–Crippen MR) is 80.4 cm³/mol. The van der Waals surface area contributed by atoms with Gasteiger partial charge in [0.2, 0.25) is 11.8 Å². The lowest BCUT2D eigenvalue weighted by Crippen LogP contribution is -2.31. The fourth-order valence-electron chi connectivity index (χ4n) is 2.66. The number of carboxylic acid groups (broad SMARTS) is 1. The van der Waals surface area contributed by atoms with Crippen LogP contribution in [0.2, 0.25) is 0 Å². The first-order valence-electron chi connectivity index (χ1n) is 7.03. The van der Waals surface area contributed by atoms with Crippen LogP contribution in [0.4, 0.5) is 0 Å². The zero-order valence-electron chi connectivity index (χ0n) is 12.1. The van der Waals surface area contributed by atoms with Gasteiger partial charge < -0.3 is 14.4 Å². The standard InChI is InChI=1S/C15H16N2O4S/c1-9-6-17(7-11(9)15(19)20)13(18)5-10-8-21-14(16-10)12-3-2-4-22-12/h2-4,8-9,11H,5-7H2,1H3,(H,19,20)/t9-,11-/m1/s1. The number of amides is 1. The maximum absolute atomic E-state index is 12.3. The van der Waals surface area contributed by atoms with Crippen LogP contribution in [-0.4, -0.2) is 40.0 Å². The minimum atomic E-state index is -0.843. The molecule has 2 aromatic heterocycles. The highest BCUT2D eigenvalue weighted by Crippen LogP contribution is 2.26. The van der Waals surface area contributed by atoms with E-state index >= 15 is 0 Å². The lowest BCUT2D eigenvalue weighted by Gasteiger charge is -2.14. The SMILES string of the molecule is C[C@@H]1CN(C(=O)Cc2coc(-c3cccs3)n2)C[C@H]1C(=O)O. The molecule has 1 saturated heterocycles. The van der Waals surface area contributed by atoms with Gasteiger partial charge in [-0.25, -0.2) is 4.98 Å². The molecule has 0 saturated carbocycles. The molecular weight excluding hydrogens is 304 g/mol. The highest BCUT2D eigenvalue weighted by molar-refractivity contribution is 7.13. The summed E-state index contributed by atoms with van der Waals surface area (Å²) >= 11 is 1.52. The van der Waals surface area contributed by atoms with Crippen molar-refractivity contribution in [3.05, 3.63) is 29.5 Å². The average Bonchev–Trinajstić information content (AvgIpc) is 3.16. The second-order valence-electron chi connectivity index (χ2n) is 5.52. The zero-order chi connectivity index (χ0) is 15.7. The first kappa shape index (κ1) is 14.8. The molecule has 0 spiro atoms. The predicted octanol–water partition coefficient (Wildman–Crippen LogP) is 2.12. The third kappa shape index (κ3) is 2.89. The molecule has 2 aromatic rings. The van der Waals surface area contributed by atoms with Gasteiger partial charge in [-0.1, -0.05) is 13.0 Å².